The van der Waals surface area contributed by atoms with Gasteiger partial charge < -0.3 is 24.6 Å². The number of aromatic nitrogens is 3. The third kappa shape index (κ3) is 5.83. The number of benzene rings is 1. The van der Waals surface area contributed by atoms with Crippen molar-refractivity contribution in [2.24, 2.45) is 0 Å². The van der Waals surface area contributed by atoms with Crippen molar-refractivity contribution in [2.45, 2.75) is 31.0 Å². The summed E-state index contributed by atoms with van der Waals surface area (Å²) in [5, 5.41) is 3.78. The zero-order chi connectivity index (χ0) is 24.2. The summed E-state index contributed by atoms with van der Waals surface area (Å²) in [5.74, 6) is 2.17. The van der Waals surface area contributed by atoms with Crippen molar-refractivity contribution in [2.75, 3.05) is 60.3 Å². The topological polar surface area (TPSA) is 92.7 Å². The predicted molar refractivity (Wildman–Crippen MR) is 138 cm³/mol. The van der Waals surface area contributed by atoms with Gasteiger partial charge in [0.15, 0.2) is 5.65 Å². The first-order valence-corrected chi connectivity index (χ1v) is 12.9. The van der Waals surface area contributed by atoms with Crippen molar-refractivity contribution in [3.05, 3.63) is 42.5 Å². The number of ether oxygens (including phenoxy) is 2. The van der Waals surface area contributed by atoms with Crippen molar-refractivity contribution < 1.29 is 14.3 Å². The van der Waals surface area contributed by atoms with Crippen LogP contribution in [0.4, 0.5) is 17.6 Å². The number of amides is 1. The smallest absolute Gasteiger partial charge is 0.235 e. The summed E-state index contributed by atoms with van der Waals surface area (Å²) in [6.07, 6.45) is 0.177. The Hall–Kier alpha value is -2.95. The van der Waals surface area contributed by atoms with E-state index in [0.29, 0.717) is 49.5 Å². The molecule has 2 saturated heterocycles. The van der Waals surface area contributed by atoms with Crippen LogP contribution in [-0.4, -0.2) is 78.2 Å². The van der Waals surface area contributed by atoms with E-state index in [4.69, 9.17) is 24.4 Å². The molecule has 1 aromatic carbocycles. The van der Waals surface area contributed by atoms with Crippen molar-refractivity contribution in [1.82, 2.24) is 15.0 Å². The number of hydrogen-bond donors (Lipinski definition) is 1. The van der Waals surface area contributed by atoms with Gasteiger partial charge in [-0.25, -0.2) is 4.98 Å². The summed E-state index contributed by atoms with van der Waals surface area (Å²) in [6, 6.07) is 13.6. The second-order valence-electron chi connectivity index (χ2n) is 8.83. The number of nitrogens with one attached hydrogen (secondary N) is 1. The lowest BCUT2D eigenvalue weighted by Crippen LogP contribution is -2.46. The Morgan fingerprint density at radius 1 is 1.00 bits per heavy atom. The number of pyridine rings is 1. The molecule has 2 unspecified atom stereocenters. The maximum absolute atomic E-state index is 12.6. The molecule has 9 nitrogen and oxygen atoms in total. The molecule has 0 saturated carbocycles. The first-order chi connectivity index (χ1) is 17.0. The Labute approximate surface area is 209 Å². The van der Waals surface area contributed by atoms with Gasteiger partial charge in [0.2, 0.25) is 11.9 Å². The van der Waals surface area contributed by atoms with Gasteiger partial charge >= 0.3 is 0 Å². The van der Waals surface area contributed by atoms with E-state index < -0.39 is 0 Å². The van der Waals surface area contributed by atoms with E-state index in [0.717, 1.165) is 29.2 Å². The minimum Gasteiger partial charge on any atom is -0.378 e. The van der Waals surface area contributed by atoms with E-state index in [1.54, 1.807) is 0 Å². The molecule has 2 aromatic heterocycles. The van der Waals surface area contributed by atoms with E-state index in [2.05, 4.69) is 29.0 Å². The van der Waals surface area contributed by atoms with Crippen LogP contribution in [-0.2, 0) is 14.3 Å². The van der Waals surface area contributed by atoms with Crippen LogP contribution in [0.5, 0.6) is 0 Å². The van der Waals surface area contributed by atoms with E-state index >= 15 is 0 Å². The Morgan fingerprint density at radius 3 is 2.49 bits per heavy atom. The Kier molecular flexibility index (Phi) is 7.31. The van der Waals surface area contributed by atoms with Crippen LogP contribution in [0.15, 0.2) is 47.4 Å². The maximum Gasteiger partial charge on any atom is 0.235 e. The first-order valence-electron chi connectivity index (χ1n) is 11.9. The van der Waals surface area contributed by atoms with Crippen molar-refractivity contribution in [1.29, 1.82) is 0 Å². The molecule has 1 N–H and O–H groups in total. The number of hydrogen-bond acceptors (Lipinski definition) is 9. The molecule has 2 aliphatic heterocycles. The van der Waals surface area contributed by atoms with Crippen LogP contribution in [0.3, 0.4) is 0 Å². The molecule has 5 rings (SSSR count). The molecule has 2 fully saturated rings. The number of carbonyl (C=O) groups excluding carboxylic acids is 1. The molecule has 2 atom stereocenters. The highest BCUT2D eigenvalue weighted by atomic mass is 32.2. The number of morpholine rings is 2. The van der Waals surface area contributed by atoms with E-state index in [9.17, 15) is 4.79 Å². The van der Waals surface area contributed by atoms with Crippen LogP contribution >= 0.6 is 11.8 Å². The minimum absolute atomic E-state index is 0.0885. The van der Waals surface area contributed by atoms with Gasteiger partial charge in [0, 0.05) is 31.1 Å². The molecule has 3 aromatic rings. The van der Waals surface area contributed by atoms with Crippen molar-refractivity contribution in [3.63, 3.8) is 0 Å². The SMILES string of the molecule is CC1CN(c2nc(N3CCOCC3)c3ccc(NC(=O)CSc4ccccc4)nc3n2)CC(C)O1. The number of thioether (sulfide) groups is 1. The zero-order valence-corrected chi connectivity index (χ0v) is 20.8. The standard InChI is InChI=1S/C25H30N6O3S/c1-17-14-31(15-18(2)34-17)25-28-23-20(24(29-25)30-10-12-33-13-11-30)8-9-21(27-23)26-22(32)16-35-19-6-4-3-5-7-19/h3-9,17-18H,10-16H2,1-2H3,(H,26,27,28,29,32). The van der Waals surface area contributed by atoms with E-state index in [1.807, 2.05) is 42.5 Å². The summed E-state index contributed by atoms with van der Waals surface area (Å²) in [4.78, 5) is 32.5. The number of rotatable bonds is 6. The number of fused-ring (bicyclic) bond motifs is 1. The summed E-state index contributed by atoms with van der Waals surface area (Å²) in [5.41, 5.74) is 0.566. The molecular weight excluding hydrogens is 464 g/mol. The van der Waals surface area contributed by atoms with Crippen LogP contribution < -0.4 is 15.1 Å². The van der Waals surface area contributed by atoms with Gasteiger partial charge in [0.25, 0.3) is 0 Å². The van der Waals surface area contributed by atoms with Gasteiger partial charge in [-0.15, -0.1) is 11.8 Å². The molecule has 184 valence electrons. The highest BCUT2D eigenvalue weighted by Gasteiger charge is 2.26. The molecule has 0 spiro atoms. The molecule has 10 heteroatoms. The Bertz CT molecular complexity index is 1160. The zero-order valence-electron chi connectivity index (χ0n) is 20.0. The summed E-state index contributed by atoms with van der Waals surface area (Å²) < 4.78 is 11.4. The fraction of sp³-hybridized carbons (Fsp3) is 0.440. The molecule has 35 heavy (non-hydrogen) atoms. The maximum atomic E-state index is 12.6. The van der Waals surface area contributed by atoms with Gasteiger partial charge in [-0.1, -0.05) is 18.2 Å². The second kappa shape index (κ2) is 10.8. The number of nitrogens with zero attached hydrogens (tertiary/aromatic N) is 5. The molecule has 0 radical (unpaired) electrons. The van der Waals surface area contributed by atoms with Gasteiger partial charge in [-0.2, -0.15) is 9.97 Å². The van der Waals surface area contributed by atoms with Crippen LogP contribution in [0.25, 0.3) is 11.0 Å². The fourth-order valence-corrected chi connectivity index (χ4v) is 5.12. The third-order valence-electron chi connectivity index (χ3n) is 5.92. The quantitative estimate of drug-likeness (QED) is 0.519. The van der Waals surface area contributed by atoms with Gasteiger partial charge in [0.05, 0.1) is 36.6 Å². The van der Waals surface area contributed by atoms with Crippen molar-refractivity contribution in [3.8, 4) is 0 Å². The first kappa shape index (κ1) is 23.8. The van der Waals surface area contributed by atoms with Crippen LogP contribution in [0, 0.1) is 0 Å². The molecular formula is C25H30N6O3S. The van der Waals surface area contributed by atoms with Crippen molar-refractivity contribution >= 4 is 46.3 Å². The van der Waals surface area contributed by atoms with Crippen LogP contribution in [0.1, 0.15) is 13.8 Å². The Morgan fingerprint density at radius 2 is 1.74 bits per heavy atom. The third-order valence-corrected chi connectivity index (χ3v) is 6.93. The molecule has 1 amide bonds. The van der Waals surface area contributed by atoms with E-state index in [1.165, 1.54) is 11.8 Å². The largest absolute Gasteiger partial charge is 0.378 e. The summed E-state index contributed by atoms with van der Waals surface area (Å²) in [7, 11) is 0. The lowest BCUT2D eigenvalue weighted by atomic mass is 10.2. The summed E-state index contributed by atoms with van der Waals surface area (Å²) in [6.45, 7) is 8.39. The monoisotopic (exact) mass is 494 g/mol. The lowest BCUT2D eigenvalue weighted by Gasteiger charge is -2.36. The predicted octanol–water partition coefficient (Wildman–Crippen LogP) is 3.21. The molecule has 2 aliphatic rings. The number of carbonyl (C=O) groups is 1. The van der Waals surface area contributed by atoms with Gasteiger partial charge in [-0.05, 0) is 38.1 Å². The van der Waals surface area contributed by atoms with Crippen LogP contribution in [0.2, 0.25) is 0 Å². The highest BCUT2D eigenvalue weighted by Crippen LogP contribution is 2.29. The van der Waals surface area contributed by atoms with Gasteiger partial charge in [0.1, 0.15) is 11.6 Å². The Balaban J connectivity index is 1.41. The summed E-state index contributed by atoms with van der Waals surface area (Å²) >= 11 is 1.49. The average Bonchev–Trinajstić information content (AvgIpc) is 2.87. The van der Waals surface area contributed by atoms with E-state index in [-0.39, 0.29) is 18.1 Å². The normalized spacial score (nSPS) is 20.7. The molecule has 0 bridgehead atoms. The minimum atomic E-state index is -0.107. The average molecular weight is 495 g/mol. The molecule has 4 heterocycles. The number of anilines is 3. The lowest BCUT2D eigenvalue weighted by molar-refractivity contribution is -0.113. The highest BCUT2D eigenvalue weighted by molar-refractivity contribution is 8.00. The second-order valence-corrected chi connectivity index (χ2v) is 9.88. The van der Waals surface area contributed by atoms with Gasteiger partial charge in [-0.3, -0.25) is 4.79 Å². The molecule has 0 aliphatic carbocycles. The fourth-order valence-electron chi connectivity index (χ4n) is 4.40.